The van der Waals surface area contributed by atoms with Gasteiger partial charge in [0.05, 0.1) is 0 Å². The van der Waals surface area contributed by atoms with Gasteiger partial charge in [-0.3, -0.25) is 0 Å². The van der Waals surface area contributed by atoms with Crippen LogP contribution in [0.5, 0.6) is 0 Å². The van der Waals surface area contributed by atoms with E-state index in [1.54, 1.807) is 0 Å². The van der Waals surface area contributed by atoms with Gasteiger partial charge in [0.2, 0.25) is 0 Å². The lowest BCUT2D eigenvalue weighted by Crippen LogP contribution is -2.69. The normalized spacial score (nSPS) is 15.3. The van der Waals surface area contributed by atoms with Crippen LogP contribution in [0.15, 0.2) is 55.1 Å². The molecule has 1 heterocycles. The largest absolute Gasteiger partial charge is 0.460 e. The van der Waals surface area contributed by atoms with Gasteiger partial charge in [-0.2, -0.15) is 114 Å². The van der Waals surface area contributed by atoms with Gasteiger partial charge in [-0.15, -0.1) is 0 Å². The zero-order valence-corrected chi connectivity index (χ0v) is 31.1. The van der Waals surface area contributed by atoms with Crippen molar-refractivity contribution in [3.05, 3.63) is 88.5 Å². The van der Waals surface area contributed by atoms with Crippen LogP contribution in [0.25, 0.3) is 23.5 Å². The van der Waals surface area contributed by atoms with Gasteiger partial charge in [-0.05, 0) is 97.5 Å². The first-order valence-corrected chi connectivity index (χ1v) is 16.4. The number of alkyl halides is 26. The molecular weight excluding hydrogens is 942 g/mol. The zero-order chi connectivity index (χ0) is 49.6. The van der Waals surface area contributed by atoms with Crippen LogP contribution in [0.4, 0.5) is 114 Å². The molecule has 0 atom stereocenters. The summed E-state index contributed by atoms with van der Waals surface area (Å²) in [5.74, 6) is -76.2. The lowest BCUT2D eigenvalue weighted by atomic mass is 9.93. The van der Waals surface area contributed by atoms with E-state index in [9.17, 15) is 114 Å². The highest BCUT2D eigenvalue weighted by atomic mass is 19.4. The summed E-state index contributed by atoms with van der Waals surface area (Å²) in [5.41, 5.74) is -0.824. The smallest absolute Gasteiger partial charge is 0.202 e. The number of aryl methyl sites for hydroxylation is 4. The summed E-state index contributed by atoms with van der Waals surface area (Å²) in [4.78, 5) is 0. The summed E-state index contributed by atoms with van der Waals surface area (Å²) < 4.78 is 353. The molecule has 2 nitrogen and oxygen atoms in total. The van der Waals surface area contributed by atoms with E-state index < -0.39 is 94.9 Å². The molecule has 354 valence electrons. The van der Waals surface area contributed by atoms with Crippen LogP contribution in [0.1, 0.15) is 33.4 Å². The number of hydrogen-bond acceptors (Lipinski definition) is 0. The quantitative estimate of drug-likeness (QED) is 0.112. The van der Waals surface area contributed by atoms with E-state index in [0.29, 0.717) is 0 Å². The van der Waals surface area contributed by atoms with Crippen LogP contribution in [-0.2, 0) is 0 Å². The first-order valence-electron chi connectivity index (χ1n) is 16.4. The molecule has 0 amide bonds. The predicted octanol–water partition coefficient (Wildman–Crippen LogP) is 13.5. The van der Waals surface area contributed by atoms with E-state index in [-0.39, 0.29) is 45.8 Å². The molecule has 0 spiro atoms. The Hall–Kier alpha value is -4.69. The topological polar surface area (TPSA) is 8.81 Å². The van der Waals surface area contributed by atoms with Crippen LogP contribution in [0.3, 0.4) is 0 Å². The minimum Gasteiger partial charge on any atom is -0.202 e. The van der Waals surface area contributed by atoms with Crippen molar-refractivity contribution in [2.24, 2.45) is 0 Å². The van der Waals surface area contributed by atoms with Gasteiger partial charge in [0, 0.05) is 0 Å². The van der Waals surface area contributed by atoms with E-state index in [1.807, 2.05) is 0 Å². The van der Waals surface area contributed by atoms with Crippen LogP contribution in [-0.4, -0.2) is 76.1 Å². The zero-order valence-electron chi connectivity index (χ0n) is 31.1. The second-order valence-electron chi connectivity index (χ2n) is 13.7. The fraction of sp³-hybridized carbons (Fsp3) is 0.457. The Labute approximate surface area is 335 Å². The summed E-state index contributed by atoms with van der Waals surface area (Å²) in [6, 6.07) is 3.55. The van der Waals surface area contributed by atoms with Gasteiger partial charge in [-0.1, -0.05) is 12.2 Å². The number of imidazole rings is 1. The summed E-state index contributed by atoms with van der Waals surface area (Å²) in [6.45, 7) is 4.89. The molecule has 3 rings (SSSR count). The number of rotatable bonds is 14. The van der Waals surface area contributed by atoms with Crippen molar-refractivity contribution in [2.45, 2.75) is 99.3 Å². The number of halogens is 26. The van der Waals surface area contributed by atoms with Crippen LogP contribution in [0, 0.1) is 27.7 Å². The minimum atomic E-state index is -8.09. The second kappa shape index (κ2) is 15.5. The van der Waals surface area contributed by atoms with Gasteiger partial charge >= 0.3 is 71.6 Å². The van der Waals surface area contributed by atoms with Crippen LogP contribution in [0.2, 0.25) is 0 Å². The molecule has 0 unspecified atom stereocenters. The highest BCUT2D eigenvalue weighted by Crippen LogP contribution is 2.62. The lowest BCUT2D eigenvalue weighted by molar-refractivity contribution is -0.595. The molecule has 0 radical (unpaired) electrons. The number of hydrogen-bond donors (Lipinski definition) is 0. The third-order valence-electron chi connectivity index (χ3n) is 9.07. The maximum atomic E-state index is 14.3. The molecular formula is C35H23F26N2+. The van der Waals surface area contributed by atoms with Gasteiger partial charge in [0.1, 0.15) is 23.8 Å². The second-order valence-corrected chi connectivity index (χ2v) is 13.7. The number of aromatic nitrogens is 2. The van der Waals surface area contributed by atoms with E-state index in [1.165, 1.54) is 55.6 Å². The molecule has 2 aromatic carbocycles. The third-order valence-corrected chi connectivity index (χ3v) is 9.07. The van der Waals surface area contributed by atoms with E-state index in [0.717, 1.165) is 24.3 Å². The number of benzene rings is 2. The van der Waals surface area contributed by atoms with Gasteiger partial charge < -0.3 is 0 Å². The highest BCUT2D eigenvalue weighted by Gasteiger charge is 2.91. The van der Waals surface area contributed by atoms with E-state index in [4.69, 9.17) is 0 Å². The van der Waals surface area contributed by atoms with E-state index in [2.05, 4.69) is 0 Å². The molecule has 28 heteroatoms. The summed E-state index contributed by atoms with van der Waals surface area (Å²) >= 11 is 0. The minimum absolute atomic E-state index is 0.0197. The van der Waals surface area contributed by atoms with Gasteiger partial charge in [-0.25, -0.2) is 9.13 Å². The third kappa shape index (κ3) is 8.19. The van der Waals surface area contributed by atoms with Crippen molar-refractivity contribution in [1.82, 2.24) is 4.57 Å². The lowest BCUT2D eigenvalue weighted by Gasteiger charge is -2.39. The molecule has 63 heavy (non-hydrogen) atoms. The maximum Gasteiger partial charge on any atom is 0.460 e. The monoisotopic (exact) mass is 965 g/mol. The molecule has 3 aromatic rings. The summed E-state index contributed by atoms with van der Waals surface area (Å²) in [6.07, 6.45) is -13.9. The molecule has 0 saturated carbocycles. The van der Waals surface area contributed by atoms with Crippen molar-refractivity contribution in [3.8, 4) is 11.4 Å². The Kier molecular flexibility index (Phi) is 12.9. The molecule has 0 aliphatic carbocycles. The SMILES string of the molecule is Cc1cc(/C=C/C(F)(F)C(F)(F)C(F)(F)C(F)(F)C(F)(F)C(F)(F)F)cc(C)c1-n1cc[n+](-c2c(C)cc(/C=C/C(F)(F)C(F)(F)C(F)(F)C(F)(F)C(F)(F)C(F)(F)F)cc2C)c1. The van der Waals surface area contributed by atoms with Crippen LogP contribution < -0.4 is 4.57 Å². The first kappa shape index (κ1) is 52.7. The molecule has 0 bridgehead atoms. The number of nitrogens with zero attached hydrogens (tertiary/aromatic N) is 2. The standard InChI is InChI=1S/C35H23F26N2/c1-16-11-20(5-7-24(36,37)26(40,41)28(44,45)30(48,49)32(52,53)34(56,57)58)12-17(2)22(16)62-9-10-63(15-62)23-18(3)13-21(14-19(23)4)6-8-25(38,39)27(42,43)29(46,47)31(50,51)33(54,55)35(59,60)61/h5-15H,1-4H3/q+1/b7-5+,8-6+. The molecule has 0 N–H and O–H groups in total. The number of allylic oxidation sites excluding steroid dienone is 2. The fourth-order valence-electron chi connectivity index (χ4n) is 5.78. The Bertz CT molecular complexity index is 2040. The Balaban J connectivity index is 1.95. The molecule has 0 aliphatic rings. The first-order chi connectivity index (χ1) is 27.7. The average molecular weight is 966 g/mol. The van der Waals surface area contributed by atoms with E-state index >= 15 is 0 Å². The Morgan fingerprint density at radius 3 is 0.984 bits per heavy atom. The van der Waals surface area contributed by atoms with Crippen molar-refractivity contribution in [1.29, 1.82) is 0 Å². The molecule has 1 aromatic heterocycles. The van der Waals surface area contributed by atoms with Crippen LogP contribution >= 0.6 is 0 Å². The van der Waals surface area contributed by atoms with Crippen molar-refractivity contribution >= 4 is 12.2 Å². The Morgan fingerprint density at radius 1 is 0.397 bits per heavy atom. The van der Waals surface area contributed by atoms with Gasteiger partial charge in [0.15, 0.2) is 0 Å². The maximum absolute atomic E-state index is 14.3. The van der Waals surface area contributed by atoms with Crippen molar-refractivity contribution in [3.63, 3.8) is 0 Å². The summed E-state index contributed by atoms with van der Waals surface area (Å²) in [7, 11) is 0. The van der Waals surface area contributed by atoms with Gasteiger partial charge in [0.25, 0.3) is 6.33 Å². The summed E-state index contributed by atoms with van der Waals surface area (Å²) in [5, 5.41) is 0. The predicted molar refractivity (Wildman–Crippen MR) is 166 cm³/mol. The Morgan fingerprint density at radius 2 is 0.683 bits per heavy atom. The average Bonchev–Trinajstić information content (AvgIpc) is 3.56. The van der Waals surface area contributed by atoms with Crippen molar-refractivity contribution in [2.75, 3.05) is 0 Å². The molecule has 0 aliphatic heterocycles. The highest BCUT2D eigenvalue weighted by molar-refractivity contribution is 5.60. The molecule has 0 saturated heterocycles. The fourth-order valence-corrected chi connectivity index (χ4v) is 5.78. The molecule has 0 fully saturated rings. The van der Waals surface area contributed by atoms with Crippen molar-refractivity contribution < 1.29 is 119 Å².